The van der Waals surface area contributed by atoms with Crippen LogP contribution in [0.25, 0.3) is 22.3 Å². The number of hydrogen-bond donors (Lipinski definition) is 1. The van der Waals surface area contributed by atoms with Crippen molar-refractivity contribution < 1.29 is 4.39 Å². The lowest BCUT2D eigenvalue weighted by Gasteiger charge is -2.41. The molecule has 1 saturated carbocycles. The maximum atomic E-state index is 15.2. The number of halogens is 1. The van der Waals surface area contributed by atoms with Crippen molar-refractivity contribution in [1.82, 2.24) is 29.5 Å². The molecule has 9 heteroatoms. The molecule has 38 heavy (non-hydrogen) atoms. The zero-order chi connectivity index (χ0) is 26.2. The van der Waals surface area contributed by atoms with E-state index in [1.54, 1.807) is 6.07 Å². The molecule has 200 valence electrons. The van der Waals surface area contributed by atoms with Gasteiger partial charge in [0.1, 0.15) is 23.7 Å². The average molecular weight is 517 g/mol. The molecular formula is C29H37FN8. The fourth-order valence-corrected chi connectivity index (χ4v) is 6.25. The number of nitrogens with two attached hydrogens (primary N) is 1. The highest BCUT2D eigenvalue weighted by molar-refractivity contribution is 5.98. The first-order valence-corrected chi connectivity index (χ1v) is 13.9. The minimum atomic E-state index is -0.225. The molecule has 1 aromatic carbocycles. The Hall–Kier alpha value is -3.17. The number of fused-ring (bicyclic) bond motifs is 1. The number of likely N-dealkylation sites (N-methyl/N-ethyl adjacent to an activating group) is 1. The van der Waals surface area contributed by atoms with Crippen LogP contribution in [-0.2, 0) is 6.42 Å². The second kappa shape index (κ2) is 10.5. The summed E-state index contributed by atoms with van der Waals surface area (Å²) in [5.41, 5.74) is 11.3. The molecule has 2 N–H and O–H groups in total. The van der Waals surface area contributed by atoms with Crippen LogP contribution in [0.4, 0.5) is 10.2 Å². The third-order valence-electron chi connectivity index (χ3n) is 8.56. The molecule has 0 amide bonds. The van der Waals surface area contributed by atoms with Crippen LogP contribution in [0, 0.1) is 5.82 Å². The molecule has 1 saturated heterocycles. The normalized spacial score (nSPS) is 23.1. The standard InChI is InChI=1S/C29H37FN8/c1-19-3-7-22(34-19)8-6-20-4-5-21(17-25(20)30)27-26-28(31)32-18-33-29(26)38(35-27)24-11-9-23(10-12-24)37-15-13-36(2)14-16-37/h3-5,17-18,23-24H,6-16H2,1-2H3,(H2,31,32,33). The highest BCUT2D eigenvalue weighted by Gasteiger charge is 2.30. The molecule has 4 heterocycles. The van der Waals surface area contributed by atoms with Crippen LogP contribution in [0.5, 0.6) is 0 Å². The summed E-state index contributed by atoms with van der Waals surface area (Å²) in [6, 6.07) is 6.28. The van der Waals surface area contributed by atoms with Gasteiger partial charge in [-0.1, -0.05) is 18.2 Å². The summed E-state index contributed by atoms with van der Waals surface area (Å²) in [7, 11) is 2.20. The molecule has 0 bridgehead atoms. The Labute approximate surface area is 223 Å². The predicted octanol–water partition coefficient (Wildman–Crippen LogP) is 4.63. The summed E-state index contributed by atoms with van der Waals surface area (Å²) in [6.45, 7) is 6.59. The van der Waals surface area contributed by atoms with Crippen LogP contribution in [0.1, 0.15) is 57.1 Å². The number of allylic oxidation sites excluding steroid dienone is 2. The van der Waals surface area contributed by atoms with Gasteiger partial charge in [0.15, 0.2) is 5.65 Å². The predicted molar refractivity (Wildman–Crippen MR) is 150 cm³/mol. The molecule has 3 aliphatic rings. The van der Waals surface area contributed by atoms with Crippen molar-refractivity contribution in [3.63, 3.8) is 0 Å². The maximum absolute atomic E-state index is 15.2. The van der Waals surface area contributed by atoms with Crippen LogP contribution < -0.4 is 5.73 Å². The van der Waals surface area contributed by atoms with Gasteiger partial charge in [-0.15, -0.1) is 0 Å². The van der Waals surface area contributed by atoms with E-state index in [0.29, 0.717) is 40.5 Å². The van der Waals surface area contributed by atoms with Crippen molar-refractivity contribution in [1.29, 1.82) is 0 Å². The quantitative estimate of drug-likeness (QED) is 0.514. The van der Waals surface area contributed by atoms with Crippen LogP contribution in [0.3, 0.4) is 0 Å². The number of benzene rings is 1. The van der Waals surface area contributed by atoms with E-state index in [1.807, 2.05) is 23.7 Å². The van der Waals surface area contributed by atoms with Crippen LogP contribution >= 0.6 is 0 Å². The van der Waals surface area contributed by atoms with E-state index >= 15 is 4.39 Å². The Kier molecular flexibility index (Phi) is 6.97. The van der Waals surface area contributed by atoms with E-state index < -0.39 is 0 Å². The van der Waals surface area contributed by atoms with Crippen LogP contribution in [0.15, 0.2) is 41.3 Å². The average Bonchev–Trinajstić information content (AvgIpc) is 3.53. The molecule has 8 nitrogen and oxygen atoms in total. The number of piperazine rings is 1. The lowest BCUT2D eigenvalue weighted by Crippen LogP contribution is -2.49. The number of aromatic nitrogens is 4. The molecule has 6 rings (SSSR count). The van der Waals surface area contributed by atoms with E-state index in [-0.39, 0.29) is 11.9 Å². The van der Waals surface area contributed by atoms with Crippen LogP contribution in [-0.4, -0.2) is 74.5 Å². The van der Waals surface area contributed by atoms with Gasteiger partial charge in [-0.2, -0.15) is 5.10 Å². The van der Waals surface area contributed by atoms with Gasteiger partial charge in [-0.05, 0) is 64.1 Å². The molecule has 0 unspecified atom stereocenters. The van der Waals surface area contributed by atoms with E-state index in [2.05, 4.69) is 37.9 Å². The molecule has 0 radical (unpaired) electrons. The first-order valence-electron chi connectivity index (χ1n) is 13.9. The highest BCUT2D eigenvalue weighted by atomic mass is 19.1. The minimum Gasteiger partial charge on any atom is -0.383 e. The third-order valence-corrected chi connectivity index (χ3v) is 8.56. The Morgan fingerprint density at radius 1 is 1.00 bits per heavy atom. The molecule has 0 atom stereocenters. The smallest absolute Gasteiger partial charge is 0.164 e. The summed E-state index contributed by atoms with van der Waals surface area (Å²) in [5.74, 6) is 0.158. The minimum absolute atomic E-state index is 0.225. The van der Waals surface area contributed by atoms with E-state index in [1.165, 1.54) is 6.33 Å². The van der Waals surface area contributed by atoms with Gasteiger partial charge in [0, 0.05) is 55.6 Å². The largest absolute Gasteiger partial charge is 0.383 e. The molecule has 2 aliphatic heterocycles. The van der Waals surface area contributed by atoms with Gasteiger partial charge < -0.3 is 10.6 Å². The Bertz CT molecular complexity index is 1380. The lowest BCUT2D eigenvalue weighted by atomic mass is 9.90. The van der Waals surface area contributed by atoms with Gasteiger partial charge in [0.05, 0.1) is 11.4 Å². The van der Waals surface area contributed by atoms with Gasteiger partial charge in [0.2, 0.25) is 0 Å². The summed E-state index contributed by atoms with van der Waals surface area (Å²) in [6.07, 6.45) is 10.3. The highest BCUT2D eigenvalue weighted by Crippen LogP contribution is 2.37. The van der Waals surface area contributed by atoms with Crippen LogP contribution in [0.2, 0.25) is 0 Å². The number of hydrogen-bond acceptors (Lipinski definition) is 7. The van der Waals surface area contributed by atoms with Gasteiger partial charge in [0.25, 0.3) is 0 Å². The van der Waals surface area contributed by atoms with Crippen molar-refractivity contribution in [2.24, 2.45) is 4.99 Å². The fourth-order valence-electron chi connectivity index (χ4n) is 6.25. The number of nitrogen functional groups attached to an aromatic ring is 1. The molecule has 1 aliphatic carbocycles. The van der Waals surface area contributed by atoms with E-state index in [0.717, 1.165) is 81.8 Å². The number of aliphatic imine (C=N–C) groups is 1. The molecule has 0 spiro atoms. The topological polar surface area (TPSA) is 88.5 Å². The first kappa shape index (κ1) is 25.1. The zero-order valence-corrected chi connectivity index (χ0v) is 22.4. The SMILES string of the molecule is CC1=CCC(CCc2ccc(-c3nn(C4CCC(N5CCN(C)CC5)CC4)c4ncnc(N)c34)cc2F)=N1. The number of nitrogens with zero attached hydrogens (tertiary/aromatic N) is 7. The summed E-state index contributed by atoms with van der Waals surface area (Å²) < 4.78 is 17.3. The third kappa shape index (κ3) is 4.97. The number of anilines is 1. The van der Waals surface area contributed by atoms with Crippen molar-refractivity contribution in [3.05, 3.63) is 47.7 Å². The van der Waals surface area contributed by atoms with E-state index in [9.17, 15) is 0 Å². The maximum Gasteiger partial charge on any atom is 0.164 e. The van der Waals surface area contributed by atoms with E-state index in [4.69, 9.17) is 10.8 Å². The Balaban J connectivity index is 1.22. The summed E-state index contributed by atoms with van der Waals surface area (Å²) in [5, 5.41) is 5.71. The molecular weight excluding hydrogens is 479 g/mol. The monoisotopic (exact) mass is 516 g/mol. The van der Waals surface area contributed by atoms with Crippen molar-refractivity contribution in [3.8, 4) is 11.3 Å². The Morgan fingerprint density at radius 3 is 2.47 bits per heavy atom. The van der Waals surface area contributed by atoms with Crippen molar-refractivity contribution >= 4 is 22.6 Å². The fraction of sp³-hybridized carbons (Fsp3) is 0.517. The molecule has 3 aromatic rings. The lowest BCUT2D eigenvalue weighted by molar-refractivity contribution is 0.0815. The second-order valence-corrected chi connectivity index (χ2v) is 11.1. The first-order chi connectivity index (χ1) is 18.5. The van der Waals surface area contributed by atoms with Crippen molar-refractivity contribution in [2.75, 3.05) is 39.0 Å². The second-order valence-electron chi connectivity index (χ2n) is 11.1. The summed E-state index contributed by atoms with van der Waals surface area (Å²) in [4.78, 5) is 18.4. The molecule has 2 fully saturated rings. The van der Waals surface area contributed by atoms with Gasteiger partial charge in [-0.25, -0.2) is 19.0 Å². The Morgan fingerprint density at radius 2 is 1.76 bits per heavy atom. The summed E-state index contributed by atoms with van der Waals surface area (Å²) >= 11 is 0. The van der Waals surface area contributed by atoms with Crippen molar-refractivity contribution in [2.45, 2.75) is 64.0 Å². The molecule has 2 aromatic heterocycles. The number of rotatable bonds is 6. The number of aryl methyl sites for hydroxylation is 1. The van der Waals surface area contributed by atoms with Gasteiger partial charge >= 0.3 is 0 Å². The van der Waals surface area contributed by atoms with Gasteiger partial charge in [-0.3, -0.25) is 9.89 Å². The zero-order valence-electron chi connectivity index (χ0n) is 22.4.